The number of benzene rings is 2. The second-order valence-corrected chi connectivity index (χ2v) is 5.48. The van der Waals surface area contributed by atoms with Gasteiger partial charge in [0.1, 0.15) is 5.75 Å². The number of rotatable bonds is 9. The van der Waals surface area contributed by atoms with Crippen LogP contribution in [0.1, 0.15) is 37.0 Å². The van der Waals surface area contributed by atoms with Crippen molar-refractivity contribution < 1.29 is 19.0 Å². The standard InChI is InChI=1S/C20H25NO4/c1-4-6-13-25-18-12-7-15(14-19(18)23-3)20(22)21-16-8-10-17(11-9-16)24-5-2/h7-12,14H,4-6,13H2,1-3H3,(H,21,22). The van der Waals surface area contributed by atoms with Crippen LogP contribution in [-0.4, -0.2) is 26.2 Å². The summed E-state index contributed by atoms with van der Waals surface area (Å²) in [6.07, 6.45) is 2.04. The van der Waals surface area contributed by atoms with Gasteiger partial charge in [0.2, 0.25) is 0 Å². The fourth-order valence-electron chi connectivity index (χ4n) is 2.26. The first kappa shape index (κ1) is 18.6. The van der Waals surface area contributed by atoms with Crippen LogP contribution < -0.4 is 19.5 Å². The fraction of sp³-hybridized carbons (Fsp3) is 0.350. The molecule has 1 N–H and O–H groups in total. The number of nitrogens with one attached hydrogen (secondary N) is 1. The van der Waals surface area contributed by atoms with Gasteiger partial charge in [-0.15, -0.1) is 0 Å². The molecule has 0 aliphatic carbocycles. The smallest absolute Gasteiger partial charge is 0.255 e. The number of hydrogen-bond acceptors (Lipinski definition) is 4. The van der Waals surface area contributed by atoms with Gasteiger partial charge in [-0.1, -0.05) is 13.3 Å². The Morgan fingerprint density at radius 1 is 1.00 bits per heavy atom. The van der Waals surface area contributed by atoms with Crippen molar-refractivity contribution in [2.45, 2.75) is 26.7 Å². The topological polar surface area (TPSA) is 56.8 Å². The van der Waals surface area contributed by atoms with Crippen LogP contribution >= 0.6 is 0 Å². The summed E-state index contributed by atoms with van der Waals surface area (Å²) in [6, 6.07) is 12.4. The van der Waals surface area contributed by atoms with Gasteiger partial charge >= 0.3 is 0 Å². The monoisotopic (exact) mass is 343 g/mol. The lowest BCUT2D eigenvalue weighted by atomic mass is 10.1. The quantitative estimate of drug-likeness (QED) is 0.680. The molecule has 0 aliphatic rings. The number of ether oxygens (including phenoxy) is 3. The van der Waals surface area contributed by atoms with Crippen LogP contribution in [0.5, 0.6) is 17.2 Å². The van der Waals surface area contributed by atoms with Crippen LogP contribution in [0.25, 0.3) is 0 Å². The molecule has 134 valence electrons. The molecule has 5 nitrogen and oxygen atoms in total. The van der Waals surface area contributed by atoms with Gasteiger partial charge in [-0.05, 0) is 55.8 Å². The van der Waals surface area contributed by atoms with Gasteiger partial charge in [-0.3, -0.25) is 4.79 Å². The van der Waals surface area contributed by atoms with E-state index in [-0.39, 0.29) is 5.91 Å². The molecule has 2 aromatic carbocycles. The van der Waals surface area contributed by atoms with Crippen LogP contribution in [0, 0.1) is 0 Å². The molecule has 0 bridgehead atoms. The molecule has 25 heavy (non-hydrogen) atoms. The van der Waals surface area contributed by atoms with Gasteiger partial charge < -0.3 is 19.5 Å². The molecule has 2 rings (SSSR count). The molecule has 0 fully saturated rings. The number of amides is 1. The normalized spacial score (nSPS) is 10.2. The first-order chi connectivity index (χ1) is 12.2. The third-order valence-electron chi connectivity index (χ3n) is 3.60. The predicted octanol–water partition coefficient (Wildman–Crippen LogP) is 4.53. The van der Waals surface area contributed by atoms with Crippen LogP contribution in [0.15, 0.2) is 42.5 Å². The Labute approximate surface area is 148 Å². The van der Waals surface area contributed by atoms with Crippen molar-refractivity contribution in [3.8, 4) is 17.2 Å². The molecule has 0 aromatic heterocycles. The second kappa shape index (κ2) is 9.57. The fourth-order valence-corrected chi connectivity index (χ4v) is 2.26. The van der Waals surface area contributed by atoms with Crippen LogP contribution in [0.3, 0.4) is 0 Å². The number of hydrogen-bond donors (Lipinski definition) is 1. The molecule has 1 amide bonds. The maximum Gasteiger partial charge on any atom is 0.255 e. The Hall–Kier alpha value is -2.69. The highest BCUT2D eigenvalue weighted by atomic mass is 16.5. The van der Waals surface area contributed by atoms with Crippen LogP contribution in [0.4, 0.5) is 5.69 Å². The third kappa shape index (κ3) is 5.41. The Balaban J connectivity index is 2.05. The van der Waals surface area contributed by atoms with Crippen molar-refractivity contribution in [1.82, 2.24) is 0 Å². The van der Waals surface area contributed by atoms with E-state index in [0.29, 0.717) is 36.0 Å². The van der Waals surface area contributed by atoms with Gasteiger partial charge in [-0.25, -0.2) is 0 Å². The Bertz CT molecular complexity index is 683. The van der Waals surface area contributed by atoms with Gasteiger partial charge in [0.25, 0.3) is 5.91 Å². The summed E-state index contributed by atoms with van der Waals surface area (Å²) in [6.45, 7) is 5.27. The molecule has 0 atom stereocenters. The first-order valence-electron chi connectivity index (χ1n) is 8.53. The van der Waals surface area contributed by atoms with E-state index in [0.717, 1.165) is 18.6 Å². The minimum atomic E-state index is -0.206. The number of anilines is 1. The van der Waals surface area contributed by atoms with Gasteiger partial charge in [-0.2, -0.15) is 0 Å². The highest BCUT2D eigenvalue weighted by molar-refractivity contribution is 6.04. The Kier molecular flexibility index (Phi) is 7.14. The first-order valence-corrected chi connectivity index (χ1v) is 8.53. The van der Waals surface area contributed by atoms with E-state index in [4.69, 9.17) is 14.2 Å². The SMILES string of the molecule is CCCCOc1ccc(C(=O)Nc2ccc(OCC)cc2)cc1OC. The van der Waals surface area contributed by atoms with Crippen molar-refractivity contribution in [1.29, 1.82) is 0 Å². The summed E-state index contributed by atoms with van der Waals surface area (Å²) in [4.78, 5) is 12.4. The van der Waals surface area contributed by atoms with Crippen LogP contribution in [-0.2, 0) is 0 Å². The van der Waals surface area contributed by atoms with Crippen molar-refractivity contribution in [3.63, 3.8) is 0 Å². The lowest BCUT2D eigenvalue weighted by Crippen LogP contribution is -2.12. The zero-order valence-electron chi connectivity index (χ0n) is 15.0. The average Bonchev–Trinajstić information content (AvgIpc) is 2.64. The van der Waals surface area contributed by atoms with Gasteiger partial charge in [0.15, 0.2) is 11.5 Å². The minimum absolute atomic E-state index is 0.206. The minimum Gasteiger partial charge on any atom is -0.494 e. The molecule has 0 heterocycles. The zero-order chi connectivity index (χ0) is 18.1. The Morgan fingerprint density at radius 3 is 2.40 bits per heavy atom. The van der Waals surface area contributed by atoms with E-state index in [1.165, 1.54) is 0 Å². The van der Waals surface area contributed by atoms with E-state index < -0.39 is 0 Å². The maximum atomic E-state index is 12.4. The predicted molar refractivity (Wildman–Crippen MR) is 99.0 cm³/mol. The number of unbranched alkanes of at least 4 members (excludes halogenated alkanes) is 1. The summed E-state index contributed by atoms with van der Waals surface area (Å²) in [7, 11) is 1.57. The molecule has 0 unspecified atom stereocenters. The lowest BCUT2D eigenvalue weighted by molar-refractivity contribution is 0.102. The van der Waals surface area contributed by atoms with E-state index in [9.17, 15) is 4.79 Å². The van der Waals surface area contributed by atoms with E-state index in [1.807, 2.05) is 31.2 Å². The Morgan fingerprint density at radius 2 is 1.76 bits per heavy atom. The second-order valence-electron chi connectivity index (χ2n) is 5.48. The summed E-state index contributed by atoms with van der Waals surface area (Å²) in [5.74, 6) is 1.77. The molecule has 5 heteroatoms. The van der Waals surface area contributed by atoms with Crippen molar-refractivity contribution in [3.05, 3.63) is 48.0 Å². The molecule has 0 spiro atoms. The lowest BCUT2D eigenvalue weighted by Gasteiger charge is -2.12. The van der Waals surface area contributed by atoms with Gasteiger partial charge in [0.05, 0.1) is 20.3 Å². The molecule has 0 saturated heterocycles. The summed E-state index contributed by atoms with van der Waals surface area (Å²) >= 11 is 0. The highest BCUT2D eigenvalue weighted by Gasteiger charge is 2.11. The summed E-state index contributed by atoms with van der Waals surface area (Å²) < 4.78 is 16.4. The van der Waals surface area contributed by atoms with Gasteiger partial charge in [0, 0.05) is 11.3 Å². The average molecular weight is 343 g/mol. The van der Waals surface area contributed by atoms with Crippen molar-refractivity contribution in [2.75, 3.05) is 25.6 Å². The molecular weight excluding hydrogens is 318 g/mol. The largest absolute Gasteiger partial charge is 0.494 e. The molecule has 0 radical (unpaired) electrons. The molecule has 0 saturated carbocycles. The highest BCUT2D eigenvalue weighted by Crippen LogP contribution is 2.28. The van der Waals surface area contributed by atoms with Crippen molar-refractivity contribution >= 4 is 11.6 Å². The van der Waals surface area contributed by atoms with E-state index >= 15 is 0 Å². The van der Waals surface area contributed by atoms with E-state index in [1.54, 1.807) is 25.3 Å². The summed E-state index contributed by atoms with van der Waals surface area (Å²) in [5.41, 5.74) is 1.21. The number of carbonyl (C=O) groups excluding carboxylic acids is 1. The molecule has 0 aliphatic heterocycles. The third-order valence-corrected chi connectivity index (χ3v) is 3.60. The summed E-state index contributed by atoms with van der Waals surface area (Å²) in [5, 5.41) is 2.86. The molecule has 2 aromatic rings. The molecular formula is C20H25NO4. The van der Waals surface area contributed by atoms with Crippen molar-refractivity contribution in [2.24, 2.45) is 0 Å². The number of carbonyl (C=O) groups is 1. The number of methoxy groups -OCH3 is 1. The maximum absolute atomic E-state index is 12.4. The van der Waals surface area contributed by atoms with E-state index in [2.05, 4.69) is 12.2 Å². The zero-order valence-corrected chi connectivity index (χ0v) is 15.0. The van der Waals surface area contributed by atoms with Crippen LogP contribution in [0.2, 0.25) is 0 Å².